The van der Waals surface area contributed by atoms with Gasteiger partial charge in [0.1, 0.15) is 17.7 Å². The third-order valence-corrected chi connectivity index (χ3v) is 8.21. The lowest BCUT2D eigenvalue weighted by atomic mass is 9.85. The summed E-state index contributed by atoms with van der Waals surface area (Å²) in [4.78, 5) is 15.3. The van der Waals surface area contributed by atoms with Gasteiger partial charge >= 0.3 is 6.09 Å². The third kappa shape index (κ3) is 4.72. The van der Waals surface area contributed by atoms with E-state index in [1.165, 1.54) is 0 Å². The molecule has 1 amide bonds. The average Bonchev–Trinajstić information content (AvgIpc) is 3.05. The number of hydrogen-bond donors (Lipinski definition) is 1. The lowest BCUT2D eigenvalue weighted by Crippen LogP contribution is -2.53. The summed E-state index contributed by atoms with van der Waals surface area (Å²) < 4.78 is 27.4. The number of piperidine rings is 3. The van der Waals surface area contributed by atoms with Gasteiger partial charge in [-0.3, -0.25) is 4.90 Å². The number of fused-ring (bicyclic) bond motifs is 4. The zero-order valence-corrected chi connectivity index (χ0v) is 22.4. The van der Waals surface area contributed by atoms with E-state index in [4.69, 9.17) is 9.47 Å². The highest BCUT2D eigenvalue weighted by Gasteiger charge is 2.42. The minimum Gasteiger partial charge on any atom is -0.490 e. The van der Waals surface area contributed by atoms with E-state index in [9.17, 15) is 4.79 Å². The Hall–Kier alpha value is -2.60. The Balaban J connectivity index is 1.38. The van der Waals surface area contributed by atoms with Crippen LogP contribution in [0.3, 0.4) is 0 Å². The van der Waals surface area contributed by atoms with Gasteiger partial charge in [-0.05, 0) is 123 Å². The standard InChI is InChI=1S/C30H39FN2O3/c1-17(2)35-27-18(3)11-21(12-19(27)4)23-13-22-15-30(5,6)28(24(22)14-25(23)31)32-29(34)36-26-16-33-9-7-20(26)8-10-33/h11-14,17,20,26,28H,7-10,15-16H2,1-6H3,(H,32,34)/t26-,28?/m0/s1. The third-order valence-electron chi connectivity index (χ3n) is 8.21. The monoisotopic (exact) mass is 494 g/mol. The van der Waals surface area contributed by atoms with Gasteiger partial charge in [0, 0.05) is 12.1 Å². The molecule has 2 aromatic carbocycles. The van der Waals surface area contributed by atoms with Crippen molar-refractivity contribution in [2.24, 2.45) is 11.3 Å². The van der Waals surface area contributed by atoms with Gasteiger partial charge in [-0.2, -0.15) is 0 Å². The number of amides is 1. The summed E-state index contributed by atoms with van der Waals surface area (Å²) in [5.74, 6) is 1.04. The SMILES string of the molecule is Cc1cc(-c2cc3c(cc2F)C(NC(=O)O[C@H]2CN4CCC2CC4)C(C)(C)C3)cc(C)c1OC(C)C. The molecular formula is C30H39FN2O3. The normalized spacial score (nSPS) is 26.1. The molecule has 2 atom stereocenters. The van der Waals surface area contributed by atoms with E-state index in [0.717, 1.165) is 72.5 Å². The van der Waals surface area contributed by atoms with Crippen molar-refractivity contribution in [1.82, 2.24) is 10.2 Å². The second-order valence-corrected chi connectivity index (χ2v) is 12.0. The number of nitrogens with zero attached hydrogens (tertiary/aromatic N) is 1. The highest BCUT2D eigenvalue weighted by atomic mass is 19.1. The van der Waals surface area contributed by atoms with Gasteiger partial charge in [-0.25, -0.2) is 9.18 Å². The summed E-state index contributed by atoms with van der Waals surface area (Å²) in [7, 11) is 0. The predicted octanol–water partition coefficient (Wildman–Crippen LogP) is 6.34. The van der Waals surface area contributed by atoms with Crippen molar-refractivity contribution in [2.45, 2.75) is 79.1 Å². The van der Waals surface area contributed by atoms with Crippen molar-refractivity contribution in [2.75, 3.05) is 19.6 Å². The fraction of sp³-hybridized carbons (Fsp3) is 0.567. The van der Waals surface area contributed by atoms with E-state index < -0.39 is 6.09 Å². The molecule has 1 aliphatic carbocycles. The first-order valence-electron chi connectivity index (χ1n) is 13.3. The molecule has 0 aromatic heterocycles. The Bertz CT molecular complexity index is 1140. The van der Waals surface area contributed by atoms with Crippen LogP contribution < -0.4 is 10.1 Å². The minimum absolute atomic E-state index is 0.0512. The fourth-order valence-electron chi connectivity index (χ4n) is 6.42. The van der Waals surface area contributed by atoms with E-state index in [1.807, 2.05) is 45.9 Å². The van der Waals surface area contributed by atoms with Crippen LogP contribution in [0.15, 0.2) is 24.3 Å². The Morgan fingerprint density at radius 2 is 1.78 bits per heavy atom. The van der Waals surface area contributed by atoms with E-state index in [0.29, 0.717) is 11.5 Å². The molecule has 3 aliphatic heterocycles. The van der Waals surface area contributed by atoms with E-state index in [2.05, 4.69) is 24.1 Å². The smallest absolute Gasteiger partial charge is 0.407 e. The highest BCUT2D eigenvalue weighted by Crippen LogP contribution is 2.47. The number of carbonyl (C=O) groups excluding carboxylic acids is 1. The maximum Gasteiger partial charge on any atom is 0.407 e. The van der Waals surface area contributed by atoms with E-state index in [1.54, 1.807) is 6.07 Å². The van der Waals surface area contributed by atoms with Crippen LogP contribution in [0.25, 0.3) is 11.1 Å². The summed E-state index contributed by atoms with van der Waals surface area (Å²) in [5, 5.41) is 3.10. The molecule has 0 saturated carbocycles. The Labute approximate surface area is 214 Å². The van der Waals surface area contributed by atoms with Crippen LogP contribution in [-0.4, -0.2) is 42.8 Å². The molecule has 4 aliphatic rings. The molecule has 194 valence electrons. The first-order valence-corrected chi connectivity index (χ1v) is 13.3. The predicted molar refractivity (Wildman–Crippen MR) is 140 cm³/mol. The van der Waals surface area contributed by atoms with Crippen LogP contribution in [0.5, 0.6) is 5.75 Å². The summed E-state index contributed by atoms with van der Waals surface area (Å²) >= 11 is 0. The molecule has 2 aromatic rings. The summed E-state index contributed by atoms with van der Waals surface area (Å²) in [6.07, 6.45) is 2.57. The van der Waals surface area contributed by atoms with Crippen LogP contribution in [0.4, 0.5) is 9.18 Å². The van der Waals surface area contributed by atoms with Crippen LogP contribution in [-0.2, 0) is 11.2 Å². The van der Waals surface area contributed by atoms with E-state index in [-0.39, 0.29) is 29.5 Å². The number of ether oxygens (including phenoxy) is 2. The van der Waals surface area contributed by atoms with Gasteiger partial charge in [0.25, 0.3) is 0 Å². The van der Waals surface area contributed by atoms with Gasteiger partial charge in [0.05, 0.1) is 12.1 Å². The van der Waals surface area contributed by atoms with Crippen LogP contribution in [0, 0.1) is 31.0 Å². The Morgan fingerprint density at radius 3 is 2.36 bits per heavy atom. The zero-order valence-electron chi connectivity index (χ0n) is 22.4. The minimum atomic E-state index is -0.392. The Kier molecular flexibility index (Phi) is 6.52. The molecule has 3 fully saturated rings. The number of carbonyl (C=O) groups is 1. The molecule has 6 rings (SSSR count). The van der Waals surface area contributed by atoms with Crippen molar-refractivity contribution in [1.29, 1.82) is 0 Å². The summed E-state index contributed by atoms with van der Waals surface area (Å²) in [6.45, 7) is 15.3. The summed E-state index contributed by atoms with van der Waals surface area (Å²) in [5.41, 5.74) is 5.09. The fourth-order valence-corrected chi connectivity index (χ4v) is 6.42. The molecule has 36 heavy (non-hydrogen) atoms. The molecule has 3 saturated heterocycles. The quantitative estimate of drug-likeness (QED) is 0.527. The molecule has 6 heteroatoms. The van der Waals surface area contributed by atoms with Crippen molar-refractivity contribution in [3.63, 3.8) is 0 Å². The van der Waals surface area contributed by atoms with Crippen LogP contribution in [0.1, 0.15) is 68.8 Å². The van der Waals surface area contributed by atoms with Crippen LogP contribution in [0.2, 0.25) is 0 Å². The molecule has 3 heterocycles. The second kappa shape index (κ2) is 9.37. The average molecular weight is 495 g/mol. The lowest BCUT2D eigenvalue weighted by Gasteiger charge is -2.44. The molecule has 2 bridgehead atoms. The molecule has 5 nitrogen and oxygen atoms in total. The molecule has 1 N–H and O–H groups in total. The lowest BCUT2D eigenvalue weighted by molar-refractivity contribution is -0.0349. The largest absolute Gasteiger partial charge is 0.490 e. The zero-order chi connectivity index (χ0) is 25.8. The van der Waals surface area contributed by atoms with E-state index >= 15 is 4.39 Å². The molecule has 0 spiro atoms. The topological polar surface area (TPSA) is 50.8 Å². The molecular weight excluding hydrogens is 455 g/mol. The van der Waals surface area contributed by atoms with Crippen molar-refractivity contribution < 1.29 is 18.7 Å². The number of hydrogen-bond acceptors (Lipinski definition) is 4. The van der Waals surface area contributed by atoms with Gasteiger partial charge in [0.2, 0.25) is 0 Å². The number of aryl methyl sites for hydroxylation is 2. The highest BCUT2D eigenvalue weighted by molar-refractivity contribution is 5.72. The maximum absolute atomic E-state index is 15.6. The number of benzene rings is 2. The van der Waals surface area contributed by atoms with Gasteiger partial charge in [-0.15, -0.1) is 0 Å². The number of alkyl carbamates (subject to hydrolysis) is 1. The number of rotatable bonds is 5. The number of halogens is 1. The van der Waals surface area contributed by atoms with Gasteiger partial charge in [0.15, 0.2) is 0 Å². The molecule has 1 unspecified atom stereocenters. The van der Waals surface area contributed by atoms with Gasteiger partial charge < -0.3 is 14.8 Å². The van der Waals surface area contributed by atoms with Crippen molar-refractivity contribution >= 4 is 6.09 Å². The first-order chi connectivity index (χ1) is 17.0. The van der Waals surface area contributed by atoms with Crippen molar-refractivity contribution in [3.8, 4) is 16.9 Å². The first kappa shape index (κ1) is 25.1. The number of nitrogens with one attached hydrogen (secondary N) is 1. The van der Waals surface area contributed by atoms with Crippen molar-refractivity contribution in [3.05, 3.63) is 52.3 Å². The molecule has 0 radical (unpaired) electrons. The van der Waals surface area contributed by atoms with Gasteiger partial charge in [-0.1, -0.05) is 13.8 Å². The summed E-state index contributed by atoms with van der Waals surface area (Å²) in [6, 6.07) is 7.27. The maximum atomic E-state index is 15.6. The van der Waals surface area contributed by atoms with Crippen LogP contribution >= 0.6 is 0 Å². The Morgan fingerprint density at radius 1 is 1.11 bits per heavy atom. The second-order valence-electron chi connectivity index (χ2n) is 12.0.